The SMILES string of the molecule is CC1CN(c2ccc(C(=O)Nc3ccc(Cl)c(NC(=O)c4ccccc4)c3)cn2)CC(C)N1. The lowest BCUT2D eigenvalue weighted by molar-refractivity contribution is 0.101. The van der Waals surface area contributed by atoms with Crippen LogP contribution in [0.15, 0.2) is 66.9 Å². The van der Waals surface area contributed by atoms with Gasteiger partial charge in [0.1, 0.15) is 5.82 Å². The predicted molar refractivity (Wildman–Crippen MR) is 132 cm³/mol. The smallest absolute Gasteiger partial charge is 0.257 e. The van der Waals surface area contributed by atoms with E-state index in [0.717, 1.165) is 18.9 Å². The zero-order chi connectivity index (χ0) is 23.4. The summed E-state index contributed by atoms with van der Waals surface area (Å²) in [7, 11) is 0. The fourth-order valence-electron chi connectivity index (χ4n) is 3.91. The van der Waals surface area contributed by atoms with Gasteiger partial charge in [-0.3, -0.25) is 9.59 Å². The Hall–Kier alpha value is -3.42. The number of pyridine rings is 1. The van der Waals surface area contributed by atoms with Crippen LogP contribution in [0.25, 0.3) is 0 Å². The van der Waals surface area contributed by atoms with Gasteiger partial charge in [0, 0.05) is 42.6 Å². The first-order chi connectivity index (χ1) is 15.9. The van der Waals surface area contributed by atoms with Crippen LogP contribution in [0.2, 0.25) is 5.02 Å². The maximum Gasteiger partial charge on any atom is 0.257 e. The van der Waals surface area contributed by atoms with Crippen LogP contribution >= 0.6 is 11.6 Å². The Balaban J connectivity index is 1.43. The lowest BCUT2D eigenvalue weighted by Gasteiger charge is -2.36. The minimum Gasteiger partial charge on any atom is -0.354 e. The van der Waals surface area contributed by atoms with Crippen molar-refractivity contribution in [2.45, 2.75) is 25.9 Å². The molecule has 1 fully saturated rings. The number of nitrogens with one attached hydrogen (secondary N) is 3. The number of halogens is 1. The van der Waals surface area contributed by atoms with E-state index in [-0.39, 0.29) is 11.8 Å². The van der Waals surface area contributed by atoms with E-state index in [1.54, 1.807) is 54.7 Å². The number of amides is 2. The summed E-state index contributed by atoms with van der Waals surface area (Å²) in [4.78, 5) is 31.9. The number of carbonyl (C=O) groups excluding carboxylic acids is 2. The van der Waals surface area contributed by atoms with Crippen LogP contribution in [-0.4, -0.2) is 42.0 Å². The van der Waals surface area contributed by atoms with Gasteiger partial charge in [0.05, 0.1) is 16.3 Å². The summed E-state index contributed by atoms with van der Waals surface area (Å²) in [5, 5.41) is 9.50. The lowest BCUT2D eigenvalue weighted by atomic mass is 10.1. The van der Waals surface area contributed by atoms with Gasteiger partial charge in [-0.15, -0.1) is 0 Å². The van der Waals surface area contributed by atoms with Gasteiger partial charge in [-0.2, -0.15) is 0 Å². The number of anilines is 3. The highest BCUT2D eigenvalue weighted by atomic mass is 35.5. The zero-order valence-corrected chi connectivity index (χ0v) is 19.3. The Morgan fingerprint density at radius 1 is 0.939 bits per heavy atom. The molecule has 0 aliphatic carbocycles. The number of aromatic nitrogens is 1. The third-order valence-electron chi connectivity index (χ3n) is 5.40. The molecule has 0 bridgehead atoms. The molecule has 0 spiro atoms. The van der Waals surface area contributed by atoms with E-state index in [1.165, 1.54) is 0 Å². The maximum atomic E-state index is 12.8. The molecular formula is C25H26ClN5O2. The second-order valence-corrected chi connectivity index (χ2v) is 8.65. The van der Waals surface area contributed by atoms with Crippen molar-refractivity contribution in [2.75, 3.05) is 28.6 Å². The molecule has 1 aromatic heterocycles. The lowest BCUT2D eigenvalue weighted by Crippen LogP contribution is -2.54. The van der Waals surface area contributed by atoms with Crippen LogP contribution in [0.1, 0.15) is 34.6 Å². The normalized spacial score (nSPS) is 18.0. The molecule has 0 radical (unpaired) electrons. The van der Waals surface area contributed by atoms with Crippen molar-refractivity contribution in [1.82, 2.24) is 10.3 Å². The van der Waals surface area contributed by atoms with E-state index in [4.69, 9.17) is 11.6 Å². The van der Waals surface area contributed by atoms with Gasteiger partial charge in [-0.1, -0.05) is 29.8 Å². The van der Waals surface area contributed by atoms with Crippen molar-refractivity contribution in [2.24, 2.45) is 0 Å². The first-order valence-electron chi connectivity index (χ1n) is 10.8. The summed E-state index contributed by atoms with van der Waals surface area (Å²) >= 11 is 6.25. The van der Waals surface area contributed by atoms with Crippen molar-refractivity contribution < 1.29 is 9.59 Å². The number of piperazine rings is 1. The van der Waals surface area contributed by atoms with Gasteiger partial charge in [-0.05, 0) is 56.3 Å². The summed E-state index contributed by atoms with van der Waals surface area (Å²) in [6, 6.07) is 18.2. The predicted octanol–water partition coefficient (Wildman–Crippen LogP) is 4.43. The molecule has 7 nitrogen and oxygen atoms in total. The van der Waals surface area contributed by atoms with Gasteiger partial charge in [0.25, 0.3) is 11.8 Å². The van der Waals surface area contributed by atoms with Crippen LogP contribution in [0.3, 0.4) is 0 Å². The van der Waals surface area contributed by atoms with Crippen LogP contribution in [-0.2, 0) is 0 Å². The molecule has 3 aromatic rings. The molecular weight excluding hydrogens is 438 g/mol. The van der Waals surface area contributed by atoms with Crippen molar-refractivity contribution in [3.8, 4) is 0 Å². The van der Waals surface area contributed by atoms with Gasteiger partial charge >= 0.3 is 0 Å². The Morgan fingerprint density at radius 3 is 2.30 bits per heavy atom. The highest BCUT2D eigenvalue weighted by Crippen LogP contribution is 2.26. The first-order valence-corrected chi connectivity index (χ1v) is 11.2. The average Bonchev–Trinajstić information content (AvgIpc) is 2.81. The summed E-state index contributed by atoms with van der Waals surface area (Å²) < 4.78 is 0. The molecule has 2 atom stereocenters. The summed E-state index contributed by atoms with van der Waals surface area (Å²) in [5.74, 6) is 0.278. The molecule has 8 heteroatoms. The van der Waals surface area contributed by atoms with Crippen molar-refractivity contribution in [3.63, 3.8) is 0 Å². The molecule has 2 heterocycles. The Labute approximate surface area is 198 Å². The standard InChI is InChI=1S/C25H26ClN5O2/c1-16-14-31(15-17(2)28-16)23-11-8-19(13-27-23)25(33)29-20-9-10-21(26)22(12-20)30-24(32)18-6-4-3-5-7-18/h3-13,16-17,28H,14-15H2,1-2H3,(H,29,33)(H,30,32). The zero-order valence-electron chi connectivity index (χ0n) is 18.5. The first kappa shape index (κ1) is 22.8. The quantitative estimate of drug-likeness (QED) is 0.521. The molecule has 1 saturated heterocycles. The van der Waals surface area contributed by atoms with E-state index in [0.29, 0.717) is 39.6 Å². The Morgan fingerprint density at radius 2 is 1.64 bits per heavy atom. The van der Waals surface area contributed by atoms with E-state index in [1.807, 2.05) is 12.1 Å². The number of nitrogens with zero attached hydrogens (tertiary/aromatic N) is 2. The molecule has 3 N–H and O–H groups in total. The van der Waals surface area contributed by atoms with Gasteiger partial charge in [-0.25, -0.2) is 4.98 Å². The van der Waals surface area contributed by atoms with E-state index in [2.05, 4.69) is 39.7 Å². The van der Waals surface area contributed by atoms with Crippen molar-refractivity contribution >= 4 is 40.6 Å². The topological polar surface area (TPSA) is 86.4 Å². The highest BCUT2D eigenvalue weighted by Gasteiger charge is 2.22. The third-order valence-corrected chi connectivity index (χ3v) is 5.73. The molecule has 2 unspecified atom stereocenters. The molecule has 170 valence electrons. The monoisotopic (exact) mass is 463 g/mol. The minimum atomic E-state index is -0.293. The van der Waals surface area contributed by atoms with Crippen LogP contribution in [0.4, 0.5) is 17.2 Å². The van der Waals surface area contributed by atoms with Crippen LogP contribution in [0.5, 0.6) is 0 Å². The highest BCUT2D eigenvalue weighted by molar-refractivity contribution is 6.34. The number of benzene rings is 2. The summed E-state index contributed by atoms with van der Waals surface area (Å²) in [6.45, 7) is 6.02. The van der Waals surface area contributed by atoms with Gasteiger partial charge in [0.15, 0.2) is 0 Å². The second-order valence-electron chi connectivity index (χ2n) is 8.25. The van der Waals surface area contributed by atoms with E-state index < -0.39 is 0 Å². The second kappa shape index (κ2) is 10.0. The largest absolute Gasteiger partial charge is 0.354 e. The van der Waals surface area contributed by atoms with Crippen molar-refractivity contribution in [1.29, 1.82) is 0 Å². The van der Waals surface area contributed by atoms with Crippen LogP contribution in [0, 0.1) is 0 Å². The maximum absolute atomic E-state index is 12.8. The molecule has 0 saturated carbocycles. The number of hydrogen-bond donors (Lipinski definition) is 3. The Kier molecular flexibility index (Phi) is 6.91. The minimum absolute atomic E-state index is 0.280. The number of hydrogen-bond acceptors (Lipinski definition) is 5. The summed E-state index contributed by atoms with van der Waals surface area (Å²) in [5.41, 5.74) is 1.89. The van der Waals surface area contributed by atoms with Gasteiger partial charge < -0.3 is 20.9 Å². The fraction of sp³-hybridized carbons (Fsp3) is 0.240. The average molecular weight is 464 g/mol. The van der Waals surface area contributed by atoms with Crippen molar-refractivity contribution in [3.05, 3.63) is 83.0 Å². The number of carbonyl (C=O) groups is 2. The third kappa shape index (κ3) is 5.69. The molecule has 33 heavy (non-hydrogen) atoms. The molecule has 2 aromatic carbocycles. The number of rotatable bonds is 5. The molecule has 2 amide bonds. The Bertz CT molecular complexity index is 1130. The van der Waals surface area contributed by atoms with Crippen LogP contribution < -0.4 is 20.9 Å². The molecule has 1 aliphatic rings. The van der Waals surface area contributed by atoms with E-state index in [9.17, 15) is 9.59 Å². The van der Waals surface area contributed by atoms with E-state index >= 15 is 0 Å². The summed E-state index contributed by atoms with van der Waals surface area (Å²) in [6.07, 6.45) is 1.58. The molecule has 4 rings (SSSR count). The fourth-order valence-corrected chi connectivity index (χ4v) is 4.07. The van der Waals surface area contributed by atoms with Gasteiger partial charge in [0.2, 0.25) is 0 Å². The molecule has 1 aliphatic heterocycles.